The van der Waals surface area contributed by atoms with E-state index in [0.29, 0.717) is 5.56 Å². The summed E-state index contributed by atoms with van der Waals surface area (Å²) in [5.74, 6) is -3.78. The Hall–Kier alpha value is -3.29. The van der Waals surface area contributed by atoms with Crippen molar-refractivity contribution in [3.8, 4) is 0 Å². The molecule has 8 heteroatoms. The molecule has 0 saturated carbocycles. The number of hydrogen-bond donors (Lipinski definition) is 2. The summed E-state index contributed by atoms with van der Waals surface area (Å²) < 4.78 is 27.8. The Labute approximate surface area is 159 Å². The number of aromatic carboxylic acids is 1. The first-order valence-corrected chi connectivity index (χ1v) is 8.74. The van der Waals surface area contributed by atoms with Crippen LogP contribution in [0.4, 0.5) is 14.5 Å². The molecule has 0 aliphatic carbocycles. The first-order valence-electron chi connectivity index (χ1n) is 8.74. The lowest BCUT2D eigenvalue weighted by atomic mass is 10.0. The minimum Gasteiger partial charge on any atom is -0.478 e. The minimum absolute atomic E-state index is 0.0118. The van der Waals surface area contributed by atoms with E-state index in [4.69, 9.17) is 5.11 Å². The maximum Gasteiger partial charge on any atom is 0.335 e. The number of benzene rings is 2. The van der Waals surface area contributed by atoms with Crippen molar-refractivity contribution in [1.29, 1.82) is 0 Å². The lowest BCUT2D eigenvalue weighted by Crippen LogP contribution is -2.42. The lowest BCUT2D eigenvalue weighted by molar-refractivity contribution is -0.126. The quantitative estimate of drug-likeness (QED) is 0.796. The average molecular weight is 388 g/mol. The van der Waals surface area contributed by atoms with Crippen LogP contribution in [0.1, 0.15) is 28.8 Å². The Balaban J connectivity index is 1.61. The van der Waals surface area contributed by atoms with Crippen molar-refractivity contribution in [2.75, 3.05) is 11.4 Å². The van der Waals surface area contributed by atoms with Crippen molar-refractivity contribution in [3.63, 3.8) is 0 Å². The van der Waals surface area contributed by atoms with Crippen LogP contribution in [0.15, 0.2) is 42.5 Å². The number of para-hydroxylation sites is 1. The number of hydrogen-bond acceptors (Lipinski definition) is 3. The highest BCUT2D eigenvalue weighted by Gasteiger charge is 2.36. The number of aryl methyl sites for hydroxylation is 1. The van der Waals surface area contributed by atoms with Crippen LogP contribution in [0.3, 0.4) is 0 Å². The van der Waals surface area contributed by atoms with Crippen molar-refractivity contribution in [1.82, 2.24) is 5.32 Å². The van der Waals surface area contributed by atoms with Gasteiger partial charge in [-0.05, 0) is 36.6 Å². The summed E-state index contributed by atoms with van der Waals surface area (Å²) in [5.41, 5.74) is 0.214. The van der Waals surface area contributed by atoms with Crippen LogP contribution in [0, 0.1) is 11.6 Å². The van der Waals surface area contributed by atoms with Crippen molar-refractivity contribution in [2.24, 2.45) is 0 Å². The first-order chi connectivity index (χ1) is 13.4. The fourth-order valence-corrected chi connectivity index (χ4v) is 3.24. The molecule has 1 aliphatic heterocycles. The van der Waals surface area contributed by atoms with Crippen LogP contribution in [0.5, 0.6) is 0 Å². The van der Waals surface area contributed by atoms with E-state index in [0.717, 1.165) is 17.0 Å². The van der Waals surface area contributed by atoms with Crippen LogP contribution in [0.25, 0.3) is 0 Å². The number of carboxylic acids is 1. The highest BCUT2D eigenvalue weighted by molar-refractivity contribution is 6.01. The second kappa shape index (κ2) is 8.16. The van der Waals surface area contributed by atoms with Gasteiger partial charge in [-0.25, -0.2) is 13.6 Å². The molecule has 0 radical (unpaired) electrons. The van der Waals surface area contributed by atoms with Gasteiger partial charge in [0.2, 0.25) is 11.8 Å². The number of halogens is 2. The van der Waals surface area contributed by atoms with Crippen LogP contribution >= 0.6 is 0 Å². The first kappa shape index (κ1) is 19.5. The molecule has 2 aromatic carbocycles. The maximum absolute atomic E-state index is 13.9. The summed E-state index contributed by atoms with van der Waals surface area (Å²) in [6, 6.07) is 8.83. The summed E-state index contributed by atoms with van der Waals surface area (Å²) >= 11 is 0. The van der Waals surface area contributed by atoms with Gasteiger partial charge in [-0.2, -0.15) is 0 Å². The molecule has 2 aromatic rings. The predicted octanol–water partition coefficient (Wildman–Crippen LogP) is 2.52. The average Bonchev–Trinajstić information content (AvgIpc) is 3.00. The molecule has 1 aliphatic rings. The van der Waals surface area contributed by atoms with Gasteiger partial charge in [0.1, 0.15) is 23.4 Å². The number of carboxylic acid groups (broad SMARTS) is 1. The molecule has 6 nitrogen and oxygen atoms in total. The number of carbonyl (C=O) groups excluding carboxylic acids is 2. The molecule has 28 heavy (non-hydrogen) atoms. The van der Waals surface area contributed by atoms with E-state index in [1.54, 1.807) is 18.2 Å². The molecule has 2 amide bonds. The topological polar surface area (TPSA) is 86.7 Å². The standard InChI is InChI=1S/C20H18F2N2O4/c21-14-6-3-7-15(22)18(14)24-11-10-16(19(24)26)23-17(25)9-8-12-4-1-2-5-13(12)20(27)28/h1-7,16H,8-11H2,(H,23,25)(H,27,28). The Morgan fingerprint density at radius 1 is 1.11 bits per heavy atom. The number of nitrogens with zero attached hydrogens (tertiary/aromatic N) is 1. The van der Waals surface area contributed by atoms with Crippen LogP contribution in [0.2, 0.25) is 0 Å². The number of amides is 2. The van der Waals surface area contributed by atoms with Crippen molar-refractivity contribution < 1.29 is 28.3 Å². The van der Waals surface area contributed by atoms with E-state index in [1.807, 2.05) is 0 Å². The van der Waals surface area contributed by atoms with E-state index in [2.05, 4.69) is 5.32 Å². The van der Waals surface area contributed by atoms with Crippen LogP contribution in [-0.2, 0) is 16.0 Å². The van der Waals surface area contributed by atoms with E-state index < -0.39 is 41.1 Å². The molecular weight excluding hydrogens is 370 g/mol. The Kier molecular flexibility index (Phi) is 5.67. The lowest BCUT2D eigenvalue weighted by Gasteiger charge is -2.18. The normalized spacial score (nSPS) is 16.3. The molecule has 3 rings (SSSR count). The maximum atomic E-state index is 13.9. The zero-order valence-corrected chi connectivity index (χ0v) is 14.8. The Morgan fingerprint density at radius 2 is 1.79 bits per heavy atom. The highest BCUT2D eigenvalue weighted by atomic mass is 19.1. The molecule has 1 unspecified atom stereocenters. The summed E-state index contributed by atoms with van der Waals surface area (Å²) in [5, 5.41) is 11.7. The summed E-state index contributed by atoms with van der Waals surface area (Å²) in [7, 11) is 0. The molecule has 0 spiro atoms. The number of rotatable bonds is 6. The van der Waals surface area contributed by atoms with Crippen molar-refractivity contribution in [3.05, 3.63) is 65.2 Å². The second-order valence-corrected chi connectivity index (χ2v) is 6.43. The SMILES string of the molecule is O=C(CCc1ccccc1C(=O)O)NC1CCN(c2c(F)cccc2F)C1=O. The van der Waals surface area contributed by atoms with E-state index in [1.165, 1.54) is 12.1 Å². The van der Waals surface area contributed by atoms with Gasteiger partial charge < -0.3 is 15.3 Å². The summed E-state index contributed by atoms with van der Waals surface area (Å²) in [6.07, 6.45) is 0.410. The van der Waals surface area contributed by atoms with E-state index in [-0.39, 0.29) is 31.4 Å². The monoisotopic (exact) mass is 388 g/mol. The van der Waals surface area contributed by atoms with Gasteiger partial charge in [0.25, 0.3) is 0 Å². The minimum atomic E-state index is -1.08. The largest absolute Gasteiger partial charge is 0.478 e. The second-order valence-electron chi connectivity index (χ2n) is 6.43. The third kappa shape index (κ3) is 4.00. The van der Waals surface area contributed by atoms with Crippen LogP contribution in [-0.4, -0.2) is 35.5 Å². The van der Waals surface area contributed by atoms with Crippen molar-refractivity contribution in [2.45, 2.75) is 25.3 Å². The summed E-state index contributed by atoms with van der Waals surface area (Å²) in [4.78, 5) is 36.9. The molecule has 1 heterocycles. The molecule has 0 aromatic heterocycles. The van der Waals surface area contributed by atoms with Crippen molar-refractivity contribution >= 4 is 23.5 Å². The summed E-state index contributed by atoms with van der Waals surface area (Å²) in [6.45, 7) is 0.0868. The number of anilines is 1. The highest BCUT2D eigenvalue weighted by Crippen LogP contribution is 2.27. The fourth-order valence-electron chi connectivity index (χ4n) is 3.24. The fraction of sp³-hybridized carbons (Fsp3) is 0.250. The molecule has 2 N–H and O–H groups in total. The molecule has 0 bridgehead atoms. The third-order valence-corrected chi connectivity index (χ3v) is 4.62. The van der Waals surface area contributed by atoms with Gasteiger partial charge >= 0.3 is 5.97 Å². The Morgan fingerprint density at radius 3 is 2.46 bits per heavy atom. The molecule has 146 valence electrons. The van der Waals surface area contributed by atoms with Gasteiger partial charge in [-0.15, -0.1) is 0 Å². The number of nitrogens with one attached hydrogen (secondary N) is 1. The van der Waals surface area contributed by atoms with E-state index >= 15 is 0 Å². The predicted molar refractivity (Wildman–Crippen MR) is 97.0 cm³/mol. The van der Waals surface area contributed by atoms with Gasteiger partial charge in [0.15, 0.2) is 0 Å². The zero-order valence-electron chi connectivity index (χ0n) is 14.8. The smallest absolute Gasteiger partial charge is 0.335 e. The molecule has 1 saturated heterocycles. The molecular formula is C20H18F2N2O4. The number of carbonyl (C=O) groups is 3. The van der Waals surface area contributed by atoms with Crippen LogP contribution < -0.4 is 10.2 Å². The van der Waals surface area contributed by atoms with Gasteiger partial charge in [0, 0.05) is 13.0 Å². The zero-order chi connectivity index (χ0) is 20.3. The van der Waals surface area contributed by atoms with Gasteiger partial charge in [-0.3, -0.25) is 9.59 Å². The third-order valence-electron chi connectivity index (χ3n) is 4.62. The Bertz CT molecular complexity index is 912. The molecule has 1 fully saturated rings. The van der Waals surface area contributed by atoms with Gasteiger partial charge in [-0.1, -0.05) is 24.3 Å². The van der Waals surface area contributed by atoms with Gasteiger partial charge in [0.05, 0.1) is 5.56 Å². The molecule has 1 atom stereocenters. The van der Waals surface area contributed by atoms with E-state index in [9.17, 15) is 23.2 Å².